The van der Waals surface area contributed by atoms with E-state index in [4.69, 9.17) is 9.47 Å². The van der Waals surface area contributed by atoms with Gasteiger partial charge < -0.3 is 14.8 Å². The summed E-state index contributed by atoms with van der Waals surface area (Å²) >= 11 is 0. The van der Waals surface area contributed by atoms with Gasteiger partial charge in [-0.05, 0) is 57.0 Å². The van der Waals surface area contributed by atoms with Crippen LogP contribution in [0, 0.1) is 13.8 Å². The van der Waals surface area contributed by atoms with Gasteiger partial charge in [-0.15, -0.1) is 5.10 Å². The second-order valence-corrected chi connectivity index (χ2v) is 8.19. The summed E-state index contributed by atoms with van der Waals surface area (Å²) in [5, 5.41) is 7.52. The fourth-order valence-corrected chi connectivity index (χ4v) is 3.91. The molecule has 1 amide bonds. The molecule has 0 aliphatic heterocycles. The summed E-state index contributed by atoms with van der Waals surface area (Å²) in [5.41, 5.74) is 4.50. The number of rotatable bonds is 8. The van der Waals surface area contributed by atoms with Gasteiger partial charge in [-0.3, -0.25) is 9.59 Å². The third-order valence-corrected chi connectivity index (χ3v) is 5.81. The molecule has 180 valence electrons. The first-order valence-electron chi connectivity index (χ1n) is 11.2. The Kier molecular flexibility index (Phi) is 6.77. The molecule has 0 atom stereocenters. The molecule has 2 aromatic carbocycles. The summed E-state index contributed by atoms with van der Waals surface area (Å²) in [5.74, 6) is 2.06. The molecule has 0 spiro atoms. The number of methoxy groups -OCH3 is 2. The molecule has 0 radical (unpaired) electrons. The second-order valence-electron chi connectivity index (χ2n) is 8.19. The third kappa shape index (κ3) is 5.13. The molecule has 1 N–H and O–H groups in total. The maximum Gasteiger partial charge on any atom is 0.253 e. The zero-order valence-corrected chi connectivity index (χ0v) is 20.4. The van der Waals surface area contributed by atoms with Crippen molar-refractivity contribution in [1.29, 1.82) is 0 Å². The van der Waals surface area contributed by atoms with Crippen LogP contribution in [-0.2, 0) is 11.2 Å². The van der Waals surface area contributed by atoms with Gasteiger partial charge in [0.25, 0.3) is 5.78 Å². The Hall–Kier alpha value is -4.27. The average Bonchev–Trinajstić information content (AvgIpc) is 3.28. The molecular formula is C26H27N5O4. The summed E-state index contributed by atoms with van der Waals surface area (Å²) in [4.78, 5) is 33.4. The molecule has 9 nitrogen and oxygen atoms in total. The number of ketones is 1. The number of aromatic nitrogens is 4. The number of amides is 1. The lowest BCUT2D eigenvalue weighted by atomic mass is 10.1. The zero-order chi connectivity index (χ0) is 25.1. The van der Waals surface area contributed by atoms with Crippen LogP contribution in [-0.4, -0.2) is 45.5 Å². The highest BCUT2D eigenvalue weighted by Gasteiger charge is 2.17. The molecule has 0 aliphatic carbocycles. The minimum atomic E-state index is -0.146. The Morgan fingerprint density at radius 2 is 1.71 bits per heavy atom. The molecule has 2 heterocycles. The van der Waals surface area contributed by atoms with Crippen LogP contribution in [0.15, 0.2) is 42.5 Å². The van der Waals surface area contributed by atoms with Crippen molar-refractivity contribution in [2.45, 2.75) is 33.6 Å². The van der Waals surface area contributed by atoms with Crippen molar-refractivity contribution in [3.63, 3.8) is 0 Å². The number of hydrogen-bond acceptors (Lipinski definition) is 7. The Morgan fingerprint density at radius 3 is 2.37 bits per heavy atom. The van der Waals surface area contributed by atoms with E-state index in [1.165, 1.54) is 6.92 Å². The number of aryl methyl sites for hydroxylation is 2. The summed E-state index contributed by atoms with van der Waals surface area (Å²) in [6.07, 6.45) is 0.745. The number of carbonyl (C=O) groups excluding carboxylic acids is 2. The molecule has 2 aromatic heterocycles. The van der Waals surface area contributed by atoms with Gasteiger partial charge in [0.1, 0.15) is 11.5 Å². The molecule has 0 aliphatic rings. The van der Waals surface area contributed by atoms with Gasteiger partial charge in [-0.2, -0.15) is 4.98 Å². The highest BCUT2D eigenvalue weighted by molar-refractivity contribution is 5.97. The van der Waals surface area contributed by atoms with Crippen LogP contribution >= 0.6 is 0 Å². The van der Waals surface area contributed by atoms with Gasteiger partial charge in [0.15, 0.2) is 11.6 Å². The van der Waals surface area contributed by atoms with Crippen molar-refractivity contribution < 1.29 is 19.1 Å². The molecular weight excluding hydrogens is 446 g/mol. The van der Waals surface area contributed by atoms with E-state index < -0.39 is 0 Å². The molecule has 9 heteroatoms. The maximum absolute atomic E-state index is 12.6. The molecule has 0 fully saturated rings. The van der Waals surface area contributed by atoms with Gasteiger partial charge in [0.2, 0.25) is 5.91 Å². The van der Waals surface area contributed by atoms with E-state index in [2.05, 4.69) is 20.4 Å². The summed E-state index contributed by atoms with van der Waals surface area (Å²) in [7, 11) is 3.18. The summed E-state index contributed by atoms with van der Waals surface area (Å²) < 4.78 is 12.4. The molecule has 4 rings (SSSR count). The van der Waals surface area contributed by atoms with Crippen LogP contribution in [0.3, 0.4) is 0 Å². The lowest BCUT2D eigenvalue weighted by molar-refractivity contribution is -0.116. The number of carbonyl (C=O) groups is 2. The maximum atomic E-state index is 12.6. The number of nitrogens with one attached hydrogen (secondary N) is 1. The number of benzene rings is 2. The summed E-state index contributed by atoms with van der Waals surface area (Å²) in [6.45, 7) is 5.34. The van der Waals surface area contributed by atoms with Crippen LogP contribution in [0.1, 0.15) is 40.7 Å². The molecule has 0 unspecified atom stereocenters. The summed E-state index contributed by atoms with van der Waals surface area (Å²) in [6, 6.07) is 12.4. The predicted octanol–water partition coefficient (Wildman–Crippen LogP) is 4.20. The quantitative estimate of drug-likeness (QED) is 0.382. The van der Waals surface area contributed by atoms with Crippen molar-refractivity contribution in [1.82, 2.24) is 19.6 Å². The Balaban J connectivity index is 1.56. The lowest BCUT2D eigenvalue weighted by Crippen LogP contribution is -2.14. The van der Waals surface area contributed by atoms with E-state index in [1.54, 1.807) is 49.1 Å². The number of Topliss-reactive ketones (excluding diaryl/α,β-unsaturated/α-hetero) is 1. The monoisotopic (exact) mass is 473 g/mol. The fourth-order valence-electron chi connectivity index (χ4n) is 3.91. The fraction of sp³-hybridized carbons (Fsp3) is 0.269. The minimum Gasteiger partial charge on any atom is -0.497 e. The van der Waals surface area contributed by atoms with Crippen molar-refractivity contribution >= 4 is 23.2 Å². The smallest absolute Gasteiger partial charge is 0.253 e. The number of hydrogen-bond donors (Lipinski definition) is 1. The van der Waals surface area contributed by atoms with Crippen LogP contribution in [0.25, 0.3) is 17.2 Å². The van der Waals surface area contributed by atoms with Crippen molar-refractivity contribution in [3.8, 4) is 22.9 Å². The van der Waals surface area contributed by atoms with Crippen molar-refractivity contribution in [2.24, 2.45) is 0 Å². The molecule has 35 heavy (non-hydrogen) atoms. The Labute approximate surface area is 203 Å². The Morgan fingerprint density at radius 1 is 1.00 bits per heavy atom. The van der Waals surface area contributed by atoms with Gasteiger partial charge in [0, 0.05) is 40.7 Å². The van der Waals surface area contributed by atoms with Crippen LogP contribution < -0.4 is 14.8 Å². The normalized spacial score (nSPS) is 10.9. The topological polar surface area (TPSA) is 108 Å². The molecule has 0 saturated carbocycles. The number of ether oxygens (including phenoxy) is 2. The van der Waals surface area contributed by atoms with Crippen molar-refractivity contribution in [3.05, 3.63) is 65.0 Å². The third-order valence-electron chi connectivity index (χ3n) is 5.81. The predicted molar refractivity (Wildman–Crippen MR) is 132 cm³/mol. The van der Waals surface area contributed by atoms with E-state index in [1.807, 2.05) is 26.0 Å². The van der Waals surface area contributed by atoms with Gasteiger partial charge in [-0.25, -0.2) is 9.50 Å². The average molecular weight is 474 g/mol. The molecule has 4 aromatic rings. The highest BCUT2D eigenvalue weighted by atomic mass is 16.5. The van der Waals surface area contributed by atoms with Crippen molar-refractivity contribution in [2.75, 3.05) is 19.5 Å². The van der Waals surface area contributed by atoms with E-state index >= 15 is 0 Å². The van der Waals surface area contributed by atoms with E-state index in [0.717, 1.165) is 22.5 Å². The second kappa shape index (κ2) is 9.92. The first kappa shape index (κ1) is 23.9. The van der Waals surface area contributed by atoms with Crippen LogP contribution in [0.5, 0.6) is 11.5 Å². The van der Waals surface area contributed by atoms with Gasteiger partial charge >= 0.3 is 0 Å². The highest BCUT2D eigenvalue weighted by Crippen LogP contribution is 2.28. The van der Waals surface area contributed by atoms with E-state index in [-0.39, 0.29) is 18.1 Å². The SMILES string of the molecule is COc1cc(OC)cc(-c2nc3nc(C)c(CCC(=O)Nc4cccc(C(C)=O)c4)c(C)n3n2)c1. The molecule has 0 bridgehead atoms. The zero-order valence-electron chi connectivity index (χ0n) is 20.4. The van der Waals surface area contributed by atoms with Crippen LogP contribution in [0.2, 0.25) is 0 Å². The standard InChI is InChI=1S/C26H27N5O4/c1-15-23(9-10-24(33)28-20-8-6-7-18(11-20)17(3)32)16(2)31-26(27-15)29-25(30-31)19-12-21(34-4)14-22(13-19)35-5/h6-8,11-14H,9-10H2,1-5H3,(H,28,33). The largest absolute Gasteiger partial charge is 0.497 e. The van der Waals surface area contributed by atoms with E-state index in [9.17, 15) is 9.59 Å². The van der Waals surface area contributed by atoms with Gasteiger partial charge in [0.05, 0.1) is 14.2 Å². The number of fused-ring (bicyclic) bond motifs is 1. The number of nitrogens with zero attached hydrogens (tertiary/aromatic N) is 4. The molecule has 0 saturated heterocycles. The number of anilines is 1. The Bertz CT molecular complexity index is 1400. The van der Waals surface area contributed by atoms with Gasteiger partial charge in [-0.1, -0.05) is 12.1 Å². The first-order valence-corrected chi connectivity index (χ1v) is 11.2. The first-order chi connectivity index (χ1) is 16.8. The minimum absolute atomic E-state index is 0.0497. The van der Waals surface area contributed by atoms with E-state index in [0.29, 0.717) is 40.8 Å². The lowest BCUT2D eigenvalue weighted by Gasteiger charge is -2.11. The van der Waals surface area contributed by atoms with Crippen LogP contribution in [0.4, 0.5) is 5.69 Å².